The van der Waals surface area contributed by atoms with Gasteiger partial charge in [0.1, 0.15) is 5.75 Å². The summed E-state index contributed by atoms with van der Waals surface area (Å²) in [5, 5.41) is 1.16. The molecule has 0 unspecified atom stereocenters. The summed E-state index contributed by atoms with van der Waals surface area (Å²) >= 11 is 12.0. The van der Waals surface area contributed by atoms with Crippen LogP contribution in [-0.4, -0.2) is 13.7 Å². The van der Waals surface area contributed by atoms with Gasteiger partial charge in [-0.25, -0.2) is 5.90 Å². The summed E-state index contributed by atoms with van der Waals surface area (Å²) in [6.45, 7) is 0.552. The molecule has 2 N–H and O–H groups in total. The third kappa shape index (κ3) is 3.83. The lowest BCUT2D eigenvalue weighted by Gasteiger charge is -2.10. The second-order valence-electron chi connectivity index (χ2n) is 3.41. The molecular weight excluding hydrogens is 249 g/mol. The number of hydrogen-bond acceptors (Lipinski definition) is 3. The molecule has 1 rings (SSSR count). The van der Waals surface area contributed by atoms with Gasteiger partial charge in [0.05, 0.1) is 18.7 Å². The Hall–Kier alpha value is -0.480. The molecule has 0 atom stereocenters. The molecule has 0 saturated heterocycles. The summed E-state index contributed by atoms with van der Waals surface area (Å²) in [5.41, 5.74) is 1.01. The van der Waals surface area contributed by atoms with Crippen LogP contribution in [0.25, 0.3) is 0 Å². The zero-order valence-corrected chi connectivity index (χ0v) is 10.6. The Labute approximate surface area is 105 Å². The molecule has 0 aliphatic heterocycles. The van der Waals surface area contributed by atoms with Crippen molar-refractivity contribution < 1.29 is 9.57 Å². The Bertz CT molecular complexity index is 345. The van der Waals surface area contributed by atoms with E-state index in [-0.39, 0.29) is 0 Å². The Morgan fingerprint density at radius 3 is 2.62 bits per heavy atom. The summed E-state index contributed by atoms with van der Waals surface area (Å²) < 4.78 is 5.24. The van der Waals surface area contributed by atoms with E-state index in [4.69, 9.17) is 33.8 Å². The van der Waals surface area contributed by atoms with E-state index in [0.717, 1.165) is 24.8 Å². The first-order valence-corrected chi connectivity index (χ1v) is 5.78. The van der Waals surface area contributed by atoms with Crippen LogP contribution in [0.15, 0.2) is 12.1 Å². The van der Waals surface area contributed by atoms with Gasteiger partial charge in [0.15, 0.2) is 0 Å². The predicted octanol–water partition coefficient (Wildman–Crippen LogP) is 3.22. The van der Waals surface area contributed by atoms with Crippen molar-refractivity contribution in [3.63, 3.8) is 0 Å². The van der Waals surface area contributed by atoms with E-state index >= 15 is 0 Å². The van der Waals surface area contributed by atoms with E-state index in [1.807, 2.05) is 6.07 Å². The molecule has 0 aliphatic carbocycles. The van der Waals surface area contributed by atoms with Gasteiger partial charge in [-0.05, 0) is 37.0 Å². The molecule has 1 aromatic carbocycles. The van der Waals surface area contributed by atoms with Crippen LogP contribution < -0.4 is 10.6 Å². The van der Waals surface area contributed by atoms with E-state index in [0.29, 0.717) is 22.4 Å². The van der Waals surface area contributed by atoms with Gasteiger partial charge >= 0.3 is 0 Å². The number of halogens is 2. The molecule has 0 bridgehead atoms. The molecule has 5 heteroatoms. The zero-order chi connectivity index (χ0) is 12.0. The molecule has 0 aliphatic rings. The first-order valence-electron chi connectivity index (χ1n) is 5.02. The molecule has 0 fully saturated rings. The van der Waals surface area contributed by atoms with Crippen molar-refractivity contribution >= 4 is 23.2 Å². The number of rotatable bonds is 6. The standard InChI is InChI=1S/C11H15Cl2NO2/c1-15-11-8(4-2-3-5-16-14)6-9(12)7-10(11)13/h6-7H,2-5,14H2,1H3. The van der Waals surface area contributed by atoms with Crippen LogP contribution >= 0.6 is 23.2 Å². The summed E-state index contributed by atoms with van der Waals surface area (Å²) in [4.78, 5) is 4.50. The van der Waals surface area contributed by atoms with E-state index in [1.165, 1.54) is 0 Å². The van der Waals surface area contributed by atoms with Crippen LogP contribution in [0.2, 0.25) is 10.0 Å². The minimum atomic E-state index is 0.542. The van der Waals surface area contributed by atoms with Gasteiger partial charge in [0.2, 0.25) is 0 Å². The van der Waals surface area contributed by atoms with E-state index in [9.17, 15) is 0 Å². The maximum Gasteiger partial charge on any atom is 0.140 e. The zero-order valence-electron chi connectivity index (χ0n) is 9.13. The first kappa shape index (κ1) is 13.6. The Balaban J connectivity index is 2.69. The number of ether oxygens (including phenoxy) is 1. The lowest BCUT2D eigenvalue weighted by Crippen LogP contribution is -2.01. The lowest BCUT2D eigenvalue weighted by atomic mass is 10.1. The third-order valence-corrected chi connectivity index (χ3v) is 2.75. The van der Waals surface area contributed by atoms with Gasteiger partial charge in [0.25, 0.3) is 0 Å². The first-order chi connectivity index (χ1) is 7.69. The molecule has 3 nitrogen and oxygen atoms in total. The van der Waals surface area contributed by atoms with Gasteiger partial charge in [-0.3, -0.25) is 0 Å². The van der Waals surface area contributed by atoms with Crippen molar-refractivity contribution in [2.75, 3.05) is 13.7 Å². The minimum Gasteiger partial charge on any atom is -0.495 e. The normalized spacial score (nSPS) is 10.5. The average molecular weight is 264 g/mol. The smallest absolute Gasteiger partial charge is 0.140 e. The van der Waals surface area contributed by atoms with Crippen LogP contribution in [0.1, 0.15) is 18.4 Å². The monoisotopic (exact) mass is 263 g/mol. The molecular formula is C11H15Cl2NO2. The van der Waals surface area contributed by atoms with Crippen LogP contribution in [0.3, 0.4) is 0 Å². The Morgan fingerprint density at radius 2 is 2.00 bits per heavy atom. The highest BCUT2D eigenvalue weighted by molar-refractivity contribution is 6.35. The second kappa shape index (κ2) is 6.97. The maximum absolute atomic E-state index is 6.02. The third-order valence-electron chi connectivity index (χ3n) is 2.25. The van der Waals surface area contributed by atoms with Crippen LogP contribution in [-0.2, 0) is 11.3 Å². The van der Waals surface area contributed by atoms with Gasteiger partial charge < -0.3 is 9.57 Å². The number of hydrogen-bond donors (Lipinski definition) is 1. The molecule has 90 valence electrons. The highest BCUT2D eigenvalue weighted by atomic mass is 35.5. The minimum absolute atomic E-state index is 0.542. The van der Waals surface area contributed by atoms with E-state index in [1.54, 1.807) is 13.2 Å². The maximum atomic E-state index is 6.02. The van der Waals surface area contributed by atoms with Crippen molar-refractivity contribution in [2.24, 2.45) is 5.90 Å². The largest absolute Gasteiger partial charge is 0.495 e. The second-order valence-corrected chi connectivity index (χ2v) is 4.25. The molecule has 1 aromatic rings. The summed E-state index contributed by atoms with van der Waals surface area (Å²) in [5.74, 6) is 5.64. The average Bonchev–Trinajstić information content (AvgIpc) is 2.24. The number of aryl methyl sites for hydroxylation is 1. The van der Waals surface area contributed by atoms with Crippen molar-refractivity contribution in [2.45, 2.75) is 19.3 Å². The summed E-state index contributed by atoms with van der Waals surface area (Å²) in [6.07, 6.45) is 2.68. The van der Waals surface area contributed by atoms with Crippen LogP contribution in [0.5, 0.6) is 5.75 Å². The van der Waals surface area contributed by atoms with Crippen LogP contribution in [0.4, 0.5) is 0 Å². The molecule has 16 heavy (non-hydrogen) atoms. The van der Waals surface area contributed by atoms with Gasteiger partial charge in [-0.2, -0.15) is 0 Å². The number of nitrogens with two attached hydrogens (primary N) is 1. The molecule has 0 radical (unpaired) electrons. The van der Waals surface area contributed by atoms with E-state index in [2.05, 4.69) is 4.84 Å². The topological polar surface area (TPSA) is 44.5 Å². The molecule has 0 spiro atoms. The van der Waals surface area contributed by atoms with E-state index < -0.39 is 0 Å². The Kier molecular flexibility index (Phi) is 5.91. The van der Waals surface area contributed by atoms with Crippen molar-refractivity contribution in [3.05, 3.63) is 27.7 Å². The van der Waals surface area contributed by atoms with Gasteiger partial charge in [-0.15, -0.1) is 0 Å². The molecule has 0 aromatic heterocycles. The molecule has 0 saturated carbocycles. The fraction of sp³-hybridized carbons (Fsp3) is 0.455. The number of methoxy groups -OCH3 is 1. The van der Waals surface area contributed by atoms with Crippen molar-refractivity contribution in [1.82, 2.24) is 0 Å². The van der Waals surface area contributed by atoms with Gasteiger partial charge in [0, 0.05) is 5.02 Å². The SMILES string of the molecule is COc1c(Cl)cc(Cl)cc1CCCCON. The predicted molar refractivity (Wildman–Crippen MR) is 66.1 cm³/mol. The fourth-order valence-corrected chi connectivity index (χ4v) is 2.14. The Morgan fingerprint density at radius 1 is 1.25 bits per heavy atom. The van der Waals surface area contributed by atoms with Gasteiger partial charge in [-0.1, -0.05) is 23.2 Å². The summed E-state index contributed by atoms with van der Waals surface area (Å²) in [7, 11) is 1.60. The highest BCUT2D eigenvalue weighted by Crippen LogP contribution is 2.32. The quantitative estimate of drug-likeness (QED) is 0.633. The van der Waals surface area contributed by atoms with Crippen molar-refractivity contribution in [3.8, 4) is 5.75 Å². The number of unbranched alkanes of at least 4 members (excludes halogenated alkanes) is 1. The highest BCUT2D eigenvalue weighted by Gasteiger charge is 2.09. The fourth-order valence-electron chi connectivity index (χ4n) is 1.53. The summed E-state index contributed by atoms with van der Waals surface area (Å²) in [6, 6.07) is 3.55. The van der Waals surface area contributed by atoms with Crippen molar-refractivity contribution in [1.29, 1.82) is 0 Å². The number of benzene rings is 1. The molecule has 0 amide bonds. The van der Waals surface area contributed by atoms with Crippen LogP contribution in [0, 0.1) is 0 Å². The lowest BCUT2D eigenvalue weighted by molar-refractivity contribution is 0.134. The molecule has 0 heterocycles.